The molecule has 1 aromatic carbocycles. The van der Waals surface area contributed by atoms with E-state index in [4.69, 9.17) is 16.7 Å². The van der Waals surface area contributed by atoms with Crippen LogP contribution in [0, 0.1) is 0 Å². The summed E-state index contributed by atoms with van der Waals surface area (Å²) in [6.45, 7) is 0. The zero-order chi connectivity index (χ0) is 15.1. The fourth-order valence-corrected chi connectivity index (χ4v) is 3.01. The maximum atomic E-state index is 12.8. The van der Waals surface area contributed by atoms with Crippen LogP contribution in [0.4, 0.5) is 13.2 Å². The number of alkyl halides is 3. The molecule has 9 heteroatoms. The lowest BCUT2D eigenvalue weighted by Crippen LogP contribution is -2.11. The van der Waals surface area contributed by atoms with Gasteiger partial charge in [0.15, 0.2) is 5.69 Å². The number of rotatable bonds is 2. The summed E-state index contributed by atoms with van der Waals surface area (Å²) in [5.74, 6) is -1.67. The highest BCUT2D eigenvalue weighted by atomic mass is 79.9. The van der Waals surface area contributed by atoms with Gasteiger partial charge in [-0.1, -0.05) is 27.5 Å². The van der Waals surface area contributed by atoms with E-state index in [2.05, 4.69) is 20.9 Å². The molecule has 1 aromatic heterocycles. The number of hydrogen-bond donors (Lipinski definition) is 1. The number of carbonyl (C=O) groups is 1. The van der Waals surface area contributed by atoms with Crippen LogP contribution in [0.15, 0.2) is 22.7 Å². The molecule has 106 valence electrons. The molecule has 2 aromatic rings. The first-order chi connectivity index (χ1) is 9.20. The minimum Gasteiger partial charge on any atom is -0.477 e. The van der Waals surface area contributed by atoms with Crippen molar-refractivity contribution in [3.8, 4) is 10.6 Å². The molecule has 3 nitrogen and oxygen atoms in total. The Morgan fingerprint density at radius 2 is 2.05 bits per heavy atom. The average Bonchev–Trinajstić information content (AvgIpc) is 2.77. The normalized spacial score (nSPS) is 11.7. The van der Waals surface area contributed by atoms with Gasteiger partial charge >= 0.3 is 12.1 Å². The molecule has 0 radical (unpaired) electrons. The number of benzene rings is 1. The van der Waals surface area contributed by atoms with Gasteiger partial charge in [0.2, 0.25) is 0 Å². The summed E-state index contributed by atoms with van der Waals surface area (Å²) in [7, 11) is 0. The van der Waals surface area contributed by atoms with Gasteiger partial charge in [0, 0.05) is 10.0 Å². The van der Waals surface area contributed by atoms with Crippen LogP contribution in [0.1, 0.15) is 15.4 Å². The Morgan fingerprint density at radius 3 is 2.55 bits per heavy atom. The fraction of sp³-hybridized carbons (Fsp3) is 0.0909. The van der Waals surface area contributed by atoms with Crippen molar-refractivity contribution in [1.82, 2.24) is 4.98 Å². The van der Waals surface area contributed by atoms with Gasteiger partial charge in [-0.05, 0) is 18.2 Å². The van der Waals surface area contributed by atoms with Crippen molar-refractivity contribution >= 4 is 44.8 Å². The second-order valence-corrected chi connectivity index (χ2v) is 5.95. The molecule has 0 unspecified atom stereocenters. The lowest BCUT2D eigenvalue weighted by atomic mass is 10.2. The van der Waals surface area contributed by atoms with Gasteiger partial charge in [-0.15, -0.1) is 11.3 Å². The summed E-state index contributed by atoms with van der Waals surface area (Å²) in [6.07, 6.45) is -4.83. The van der Waals surface area contributed by atoms with Crippen molar-refractivity contribution in [3.05, 3.63) is 38.3 Å². The largest absolute Gasteiger partial charge is 0.477 e. The molecule has 1 N–H and O–H groups in total. The SMILES string of the molecule is O=C(O)c1sc(-c2cc(Br)ccc2Cl)nc1C(F)(F)F. The van der Waals surface area contributed by atoms with Crippen LogP contribution in [0.3, 0.4) is 0 Å². The molecule has 2 rings (SSSR count). The molecule has 1 heterocycles. The molecule has 0 bridgehead atoms. The molecule has 0 aliphatic carbocycles. The first-order valence-corrected chi connectivity index (χ1v) is 6.95. The van der Waals surface area contributed by atoms with E-state index < -0.39 is 22.7 Å². The minimum atomic E-state index is -4.83. The van der Waals surface area contributed by atoms with Gasteiger partial charge in [0.1, 0.15) is 9.88 Å². The highest BCUT2D eigenvalue weighted by molar-refractivity contribution is 9.10. The van der Waals surface area contributed by atoms with Crippen molar-refractivity contribution in [2.75, 3.05) is 0 Å². The average molecular weight is 387 g/mol. The van der Waals surface area contributed by atoms with Gasteiger partial charge in [-0.3, -0.25) is 0 Å². The monoisotopic (exact) mass is 385 g/mol. The molecule has 0 fully saturated rings. The number of carboxylic acids is 1. The van der Waals surface area contributed by atoms with Gasteiger partial charge in [0.25, 0.3) is 0 Å². The Morgan fingerprint density at radius 1 is 1.40 bits per heavy atom. The summed E-state index contributed by atoms with van der Waals surface area (Å²) in [5.41, 5.74) is -1.18. The molecular weight excluding hydrogens is 383 g/mol. The van der Waals surface area contributed by atoms with E-state index in [1.54, 1.807) is 6.07 Å². The minimum absolute atomic E-state index is 0.0963. The van der Waals surface area contributed by atoms with E-state index in [0.717, 1.165) is 0 Å². The van der Waals surface area contributed by atoms with Crippen molar-refractivity contribution in [3.63, 3.8) is 0 Å². The van der Waals surface area contributed by atoms with Gasteiger partial charge in [-0.2, -0.15) is 13.2 Å². The quantitative estimate of drug-likeness (QED) is 0.795. The summed E-state index contributed by atoms with van der Waals surface area (Å²) in [5, 5.41) is 8.93. The number of thiazole rings is 1. The molecule has 0 amide bonds. The predicted molar refractivity (Wildman–Crippen MR) is 72.2 cm³/mol. The summed E-state index contributed by atoms with van der Waals surface area (Å²) in [6, 6.07) is 4.57. The van der Waals surface area contributed by atoms with Crippen LogP contribution in [-0.4, -0.2) is 16.1 Å². The van der Waals surface area contributed by atoms with E-state index in [0.29, 0.717) is 15.8 Å². The van der Waals surface area contributed by atoms with Crippen LogP contribution in [0.5, 0.6) is 0 Å². The summed E-state index contributed by atoms with van der Waals surface area (Å²) in [4.78, 5) is 13.4. The van der Waals surface area contributed by atoms with Crippen molar-refractivity contribution in [2.24, 2.45) is 0 Å². The zero-order valence-corrected chi connectivity index (χ0v) is 12.5. The number of hydrogen-bond acceptors (Lipinski definition) is 3. The maximum absolute atomic E-state index is 12.8. The first-order valence-electron chi connectivity index (χ1n) is 4.97. The number of halogens is 5. The number of nitrogens with zero attached hydrogens (tertiary/aromatic N) is 1. The van der Waals surface area contributed by atoms with Gasteiger partial charge in [-0.25, -0.2) is 9.78 Å². The third-order valence-corrected chi connectivity index (χ3v) is 4.15. The Hall–Kier alpha value is -1.12. The van der Waals surface area contributed by atoms with Crippen LogP contribution >= 0.6 is 38.9 Å². The maximum Gasteiger partial charge on any atom is 0.435 e. The lowest BCUT2D eigenvalue weighted by Gasteiger charge is -2.03. The number of aromatic carboxylic acids is 1. The highest BCUT2D eigenvalue weighted by Crippen LogP contribution is 2.40. The summed E-state index contributed by atoms with van der Waals surface area (Å²) < 4.78 is 38.9. The standard InChI is InChI=1S/C11H4BrClF3NO2S/c12-4-1-2-6(13)5(3-4)9-17-8(11(14,15)16)7(20-9)10(18)19/h1-3H,(H,18,19). The van der Waals surface area contributed by atoms with E-state index in [1.165, 1.54) is 12.1 Å². The molecule has 0 aliphatic heterocycles. The van der Waals surface area contributed by atoms with Crippen molar-refractivity contribution < 1.29 is 23.1 Å². The van der Waals surface area contributed by atoms with Crippen LogP contribution in [-0.2, 0) is 6.18 Å². The molecule has 0 atom stereocenters. The van der Waals surface area contributed by atoms with E-state index in [-0.39, 0.29) is 15.6 Å². The lowest BCUT2D eigenvalue weighted by molar-refractivity contribution is -0.141. The molecule has 20 heavy (non-hydrogen) atoms. The second kappa shape index (κ2) is 5.34. The Kier molecular flexibility index (Phi) is 4.08. The topological polar surface area (TPSA) is 50.2 Å². The smallest absolute Gasteiger partial charge is 0.435 e. The van der Waals surface area contributed by atoms with E-state index in [9.17, 15) is 18.0 Å². The highest BCUT2D eigenvalue weighted by Gasteiger charge is 2.40. The van der Waals surface area contributed by atoms with Crippen LogP contribution < -0.4 is 0 Å². The van der Waals surface area contributed by atoms with Crippen LogP contribution in [0.2, 0.25) is 5.02 Å². The molecule has 0 aliphatic rings. The van der Waals surface area contributed by atoms with Gasteiger partial charge < -0.3 is 5.11 Å². The van der Waals surface area contributed by atoms with E-state index in [1.807, 2.05) is 0 Å². The first kappa shape index (κ1) is 15.3. The molecule has 0 saturated heterocycles. The Bertz CT molecular complexity index is 687. The zero-order valence-electron chi connectivity index (χ0n) is 9.33. The second-order valence-electron chi connectivity index (χ2n) is 3.62. The van der Waals surface area contributed by atoms with Gasteiger partial charge in [0.05, 0.1) is 5.02 Å². The number of aromatic nitrogens is 1. The molecular formula is C11H4BrClF3NO2S. The van der Waals surface area contributed by atoms with Crippen molar-refractivity contribution in [2.45, 2.75) is 6.18 Å². The predicted octanol–water partition coefficient (Wildman–Crippen LogP) is 4.94. The van der Waals surface area contributed by atoms with Crippen LogP contribution in [0.25, 0.3) is 10.6 Å². The molecule has 0 spiro atoms. The third kappa shape index (κ3) is 2.97. The Labute approximate surface area is 128 Å². The third-order valence-electron chi connectivity index (χ3n) is 2.25. The molecule has 0 saturated carbocycles. The Balaban J connectivity index is 2.65. The summed E-state index contributed by atoms with van der Waals surface area (Å²) >= 11 is 9.50. The van der Waals surface area contributed by atoms with E-state index >= 15 is 0 Å². The van der Waals surface area contributed by atoms with Crippen molar-refractivity contribution in [1.29, 1.82) is 0 Å². The number of carboxylic acid groups (broad SMARTS) is 1. The fourth-order valence-electron chi connectivity index (χ4n) is 1.43.